The van der Waals surface area contributed by atoms with Gasteiger partial charge in [-0.25, -0.2) is 4.98 Å². The summed E-state index contributed by atoms with van der Waals surface area (Å²) in [5.41, 5.74) is 7.99. The molecule has 0 atom stereocenters. The van der Waals surface area contributed by atoms with Crippen LogP contribution in [0, 0.1) is 13.8 Å². The molecule has 3 aromatic heterocycles. The summed E-state index contributed by atoms with van der Waals surface area (Å²) in [5, 5.41) is 10.8. The first-order valence-corrected chi connectivity index (χ1v) is 14.2. The van der Waals surface area contributed by atoms with Crippen molar-refractivity contribution in [1.82, 2.24) is 24.9 Å². The van der Waals surface area contributed by atoms with Crippen LogP contribution in [0.1, 0.15) is 57.4 Å². The molecule has 1 aliphatic heterocycles. The largest absolute Gasteiger partial charge is 0.496 e. The Morgan fingerprint density at radius 1 is 1.21 bits per heavy atom. The van der Waals surface area contributed by atoms with Crippen LogP contribution in [0.4, 0.5) is 17.3 Å². The highest BCUT2D eigenvalue weighted by atomic mass is 16.5. The molecule has 1 fully saturated rings. The van der Waals surface area contributed by atoms with Crippen molar-refractivity contribution in [1.29, 1.82) is 0 Å². The number of aromatic amines is 1. The van der Waals surface area contributed by atoms with Crippen LogP contribution in [0.3, 0.4) is 0 Å². The number of nitrogens with one attached hydrogen (secondary N) is 3. The standard InChI is InChI=1S/C30H36N8O5/c1-5-37(20-11-13-43-14-12-20)30-18(3)24(29(41)32-16-21-22(42-4)15-17(2)33-28(21)40)35-27-23(25(31)39)26(36-38(27)30)34-19-9-7-6-8-10-19/h6-10,15,20H,5,11-14,16H2,1-4H3,(H2,31,39)(H,32,41)(H,33,40)(H,34,36). The molecule has 5 rings (SSSR count). The Morgan fingerprint density at radius 3 is 2.58 bits per heavy atom. The van der Waals surface area contributed by atoms with Gasteiger partial charge in [-0.15, -0.1) is 5.10 Å². The molecule has 0 aliphatic carbocycles. The third kappa shape index (κ3) is 5.89. The smallest absolute Gasteiger partial charge is 0.270 e. The zero-order chi connectivity index (χ0) is 30.7. The van der Waals surface area contributed by atoms with Crippen LogP contribution in [0.15, 0.2) is 41.2 Å². The number of carbonyl (C=O) groups excluding carboxylic acids is 2. The lowest BCUT2D eigenvalue weighted by Crippen LogP contribution is -2.41. The van der Waals surface area contributed by atoms with Gasteiger partial charge in [0.25, 0.3) is 17.4 Å². The van der Waals surface area contributed by atoms with Crippen LogP contribution in [-0.2, 0) is 11.3 Å². The number of ether oxygens (including phenoxy) is 2. The molecule has 1 saturated heterocycles. The molecule has 0 unspecified atom stereocenters. The van der Waals surface area contributed by atoms with Crippen molar-refractivity contribution in [3.63, 3.8) is 0 Å². The number of nitrogens with two attached hydrogens (primary N) is 1. The predicted octanol–water partition coefficient (Wildman–Crippen LogP) is 2.82. The van der Waals surface area contributed by atoms with Gasteiger partial charge < -0.3 is 35.7 Å². The van der Waals surface area contributed by atoms with Gasteiger partial charge in [0.05, 0.1) is 19.2 Å². The second kappa shape index (κ2) is 12.5. The van der Waals surface area contributed by atoms with Crippen molar-refractivity contribution in [2.45, 2.75) is 46.2 Å². The van der Waals surface area contributed by atoms with Gasteiger partial charge in [0.15, 0.2) is 11.5 Å². The number of H-pyrrole nitrogens is 1. The van der Waals surface area contributed by atoms with Gasteiger partial charge in [-0.1, -0.05) is 18.2 Å². The minimum absolute atomic E-state index is 0.0545. The minimum Gasteiger partial charge on any atom is -0.496 e. The summed E-state index contributed by atoms with van der Waals surface area (Å²) in [7, 11) is 1.47. The van der Waals surface area contributed by atoms with Gasteiger partial charge in [0.1, 0.15) is 22.8 Å². The summed E-state index contributed by atoms with van der Waals surface area (Å²) in [5.74, 6) is -0.0580. The summed E-state index contributed by atoms with van der Waals surface area (Å²) in [4.78, 5) is 48.8. The highest BCUT2D eigenvalue weighted by Crippen LogP contribution is 2.32. The zero-order valence-corrected chi connectivity index (χ0v) is 24.7. The fraction of sp³-hybridized carbons (Fsp3) is 0.367. The Bertz CT molecular complexity index is 1710. The second-order valence-electron chi connectivity index (χ2n) is 10.4. The van der Waals surface area contributed by atoms with Gasteiger partial charge in [0, 0.05) is 42.7 Å². The SMILES string of the molecule is CCN(c1c(C)c(C(=O)NCc2c(OC)cc(C)[nH]c2=O)nc2c(C(N)=O)c(Nc3ccccc3)nn12)C1CCOCC1. The van der Waals surface area contributed by atoms with E-state index in [2.05, 4.69) is 25.5 Å². The van der Waals surface area contributed by atoms with E-state index in [-0.39, 0.29) is 46.4 Å². The van der Waals surface area contributed by atoms with Gasteiger partial charge in [0.2, 0.25) is 0 Å². The molecule has 2 amide bonds. The van der Waals surface area contributed by atoms with E-state index >= 15 is 0 Å². The number of primary amides is 1. The fourth-order valence-electron chi connectivity index (χ4n) is 5.51. The normalized spacial score (nSPS) is 13.6. The molecule has 1 aliphatic rings. The van der Waals surface area contributed by atoms with E-state index in [4.69, 9.17) is 20.3 Å². The number of nitrogens with zero attached hydrogens (tertiary/aromatic N) is 4. The van der Waals surface area contributed by atoms with Crippen LogP contribution < -0.4 is 31.6 Å². The molecule has 43 heavy (non-hydrogen) atoms. The number of pyridine rings is 1. The Kier molecular flexibility index (Phi) is 8.62. The lowest BCUT2D eigenvalue weighted by Gasteiger charge is -2.36. The molecular weight excluding hydrogens is 552 g/mol. The van der Waals surface area contributed by atoms with Crippen molar-refractivity contribution in [2.75, 3.05) is 37.1 Å². The Hall–Kier alpha value is -4.91. The highest BCUT2D eigenvalue weighted by Gasteiger charge is 2.31. The van der Waals surface area contributed by atoms with Gasteiger partial charge in [-0.2, -0.15) is 4.52 Å². The number of hydrogen-bond acceptors (Lipinski definition) is 9. The second-order valence-corrected chi connectivity index (χ2v) is 10.4. The maximum absolute atomic E-state index is 13.8. The number of fused-ring (bicyclic) bond motifs is 1. The van der Waals surface area contributed by atoms with Crippen LogP contribution in [0.25, 0.3) is 5.65 Å². The van der Waals surface area contributed by atoms with E-state index in [1.165, 1.54) is 7.11 Å². The van der Waals surface area contributed by atoms with Crippen LogP contribution >= 0.6 is 0 Å². The lowest BCUT2D eigenvalue weighted by molar-refractivity contribution is 0.0843. The third-order valence-electron chi connectivity index (χ3n) is 7.59. The molecule has 226 valence electrons. The molecule has 13 nitrogen and oxygen atoms in total. The third-order valence-corrected chi connectivity index (χ3v) is 7.59. The number of anilines is 3. The number of benzene rings is 1. The number of methoxy groups -OCH3 is 1. The first kappa shape index (κ1) is 29.6. The number of rotatable bonds is 10. The number of aryl methyl sites for hydroxylation is 1. The number of amides is 2. The molecule has 4 heterocycles. The molecule has 13 heteroatoms. The van der Waals surface area contributed by atoms with Crippen LogP contribution in [0.2, 0.25) is 0 Å². The molecule has 5 N–H and O–H groups in total. The minimum atomic E-state index is -0.743. The number of hydrogen-bond donors (Lipinski definition) is 4. The first-order chi connectivity index (χ1) is 20.7. The molecular formula is C30H36N8O5. The number of para-hydroxylation sites is 1. The van der Waals surface area contributed by atoms with E-state index in [0.717, 1.165) is 12.8 Å². The van der Waals surface area contributed by atoms with Crippen molar-refractivity contribution in [3.05, 3.63) is 74.8 Å². The average Bonchev–Trinajstić information content (AvgIpc) is 3.36. The lowest BCUT2D eigenvalue weighted by atomic mass is 10.1. The van der Waals surface area contributed by atoms with E-state index in [9.17, 15) is 14.4 Å². The Morgan fingerprint density at radius 2 is 1.93 bits per heavy atom. The molecule has 0 saturated carbocycles. The van der Waals surface area contributed by atoms with E-state index < -0.39 is 11.8 Å². The summed E-state index contributed by atoms with van der Waals surface area (Å²) in [6.07, 6.45) is 1.57. The van der Waals surface area contributed by atoms with Gasteiger partial charge in [-0.3, -0.25) is 14.4 Å². The monoisotopic (exact) mass is 588 g/mol. The van der Waals surface area contributed by atoms with E-state index in [1.54, 1.807) is 24.4 Å². The molecule has 0 bridgehead atoms. The molecule has 0 spiro atoms. The molecule has 4 aromatic rings. The average molecular weight is 589 g/mol. The van der Waals surface area contributed by atoms with Crippen molar-refractivity contribution in [2.24, 2.45) is 5.73 Å². The summed E-state index contributed by atoms with van der Waals surface area (Å²) in [6.45, 7) is 7.31. The first-order valence-electron chi connectivity index (χ1n) is 14.2. The van der Waals surface area contributed by atoms with E-state index in [0.29, 0.717) is 48.3 Å². The van der Waals surface area contributed by atoms with E-state index in [1.807, 2.05) is 37.3 Å². The predicted molar refractivity (Wildman–Crippen MR) is 162 cm³/mol. The number of aromatic nitrogens is 4. The number of carbonyl (C=O) groups is 2. The van der Waals surface area contributed by atoms with Crippen LogP contribution in [0.5, 0.6) is 5.75 Å². The topological polar surface area (TPSA) is 169 Å². The summed E-state index contributed by atoms with van der Waals surface area (Å²) >= 11 is 0. The fourth-order valence-corrected chi connectivity index (χ4v) is 5.51. The molecule has 0 radical (unpaired) electrons. The quantitative estimate of drug-likeness (QED) is 0.218. The molecule has 1 aromatic carbocycles. The maximum Gasteiger partial charge on any atom is 0.270 e. The Balaban J connectivity index is 1.64. The van der Waals surface area contributed by atoms with Crippen molar-refractivity contribution >= 4 is 34.8 Å². The zero-order valence-electron chi connectivity index (χ0n) is 24.7. The highest BCUT2D eigenvalue weighted by molar-refractivity contribution is 6.05. The Labute approximate surface area is 248 Å². The summed E-state index contributed by atoms with van der Waals surface area (Å²) < 4.78 is 12.6. The summed E-state index contributed by atoms with van der Waals surface area (Å²) in [6, 6.07) is 11.1. The van der Waals surface area contributed by atoms with Crippen LogP contribution in [-0.4, -0.2) is 64.3 Å². The van der Waals surface area contributed by atoms with Gasteiger partial charge >= 0.3 is 0 Å². The van der Waals surface area contributed by atoms with Crippen molar-refractivity contribution < 1.29 is 19.1 Å². The maximum atomic E-state index is 13.8. The van der Waals surface area contributed by atoms with Gasteiger partial charge in [-0.05, 0) is 51.8 Å². The van der Waals surface area contributed by atoms with Crippen molar-refractivity contribution in [3.8, 4) is 5.75 Å².